The van der Waals surface area contributed by atoms with E-state index in [2.05, 4.69) is 16.3 Å². The summed E-state index contributed by atoms with van der Waals surface area (Å²) in [6.45, 7) is 1.97. The second-order valence-corrected chi connectivity index (χ2v) is 6.34. The number of nitrogens with zero attached hydrogens (tertiary/aromatic N) is 2. The molecule has 1 aliphatic carbocycles. The van der Waals surface area contributed by atoms with Gasteiger partial charge in [-0.1, -0.05) is 18.2 Å². The van der Waals surface area contributed by atoms with Crippen LogP contribution in [0.4, 0.5) is 0 Å². The fourth-order valence-electron chi connectivity index (χ4n) is 3.42. The highest BCUT2D eigenvalue weighted by molar-refractivity contribution is 5.83. The maximum atomic E-state index is 12.8. The highest BCUT2D eigenvalue weighted by atomic mass is 16.5. The number of methoxy groups -OCH3 is 1. The third kappa shape index (κ3) is 3.48. The van der Waals surface area contributed by atoms with Crippen LogP contribution in [0.1, 0.15) is 37.3 Å². The van der Waals surface area contributed by atoms with Crippen LogP contribution in [0.25, 0.3) is 0 Å². The smallest absolute Gasteiger partial charge is 0.238 e. The Labute approximate surface area is 137 Å². The minimum Gasteiger partial charge on any atom is -0.496 e. The average Bonchev–Trinajstić information content (AvgIpc) is 3.26. The molecule has 2 atom stereocenters. The van der Waals surface area contributed by atoms with E-state index in [4.69, 9.17) is 4.74 Å². The Morgan fingerprint density at radius 3 is 2.65 bits per heavy atom. The number of ether oxygens (including phenoxy) is 1. The molecule has 2 aliphatic rings. The molecule has 1 amide bonds. The second-order valence-electron chi connectivity index (χ2n) is 6.34. The molecule has 23 heavy (non-hydrogen) atoms. The number of amides is 1. The molecule has 0 unspecified atom stereocenters. The van der Waals surface area contributed by atoms with Gasteiger partial charge in [-0.2, -0.15) is 5.26 Å². The number of carbonyl (C=O) groups is 1. The molecular weight excluding hydrogens is 290 g/mol. The van der Waals surface area contributed by atoms with Crippen molar-refractivity contribution in [1.82, 2.24) is 10.2 Å². The second kappa shape index (κ2) is 7.01. The van der Waals surface area contributed by atoms with Crippen molar-refractivity contribution in [2.45, 2.75) is 37.8 Å². The zero-order valence-electron chi connectivity index (χ0n) is 13.5. The van der Waals surface area contributed by atoms with Crippen molar-refractivity contribution in [3.8, 4) is 11.8 Å². The van der Waals surface area contributed by atoms with Crippen LogP contribution in [-0.4, -0.2) is 37.0 Å². The molecule has 5 heteroatoms. The summed E-state index contributed by atoms with van der Waals surface area (Å²) < 4.78 is 5.32. The van der Waals surface area contributed by atoms with Gasteiger partial charge in [-0.05, 0) is 50.8 Å². The van der Waals surface area contributed by atoms with Gasteiger partial charge < -0.3 is 10.1 Å². The highest BCUT2D eigenvalue weighted by Gasteiger charge is 2.41. The molecule has 0 aromatic heterocycles. The topological polar surface area (TPSA) is 65.4 Å². The quantitative estimate of drug-likeness (QED) is 0.875. The molecule has 122 valence electrons. The van der Waals surface area contributed by atoms with E-state index in [1.54, 1.807) is 7.11 Å². The number of nitriles is 1. The Hall–Kier alpha value is -2.06. The Kier molecular flexibility index (Phi) is 4.82. The number of likely N-dealkylation sites (tertiary alicyclic amines) is 1. The van der Waals surface area contributed by atoms with Crippen molar-refractivity contribution in [3.63, 3.8) is 0 Å². The molecule has 0 radical (unpaired) electrons. The number of hydrogen-bond acceptors (Lipinski definition) is 4. The molecule has 5 nitrogen and oxygen atoms in total. The first kappa shape index (κ1) is 15.8. The van der Waals surface area contributed by atoms with Crippen LogP contribution in [0.2, 0.25) is 0 Å². The van der Waals surface area contributed by atoms with E-state index in [9.17, 15) is 10.1 Å². The largest absolute Gasteiger partial charge is 0.496 e. The van der Waals surface area contributed by atoms with E-state index >= 15 is 0 Å². The van der Waals surface area contributed by atoms with Crippen LogP contribution < -0.4 is 10.1 Å². The monoisotopic (exact) mass is 313 g/mol. The van der Waals surface area contributed by atoms with E-state index in [1.165, 1.54) is 0 Å². The standard InChI is InChI=1S/C18H23N3O2/c1-23-16-7-3-2-6-14(16)15(12-19)20-18(22)17(13-8-9-13)21-10-4-5-11-21/h2-3,6-7,13,15,17H,4-5,8-11H2,1H3,(H,20,22)/t15-,17-/m1/s1. The van der Waals surface area contributed by atoms with E-state index in [0.29, 0.717) is 17.2 Å². The fraction of sp³-hybridized carbons (Fsp3) is 0.556. The molecule has 1 aromatic carbocycles. The van der Waals surface area contributed by atoms with Crippen LogP contribution in [0, 0.1) is 17.2 Å². The normalized spacial score (nSPS) is 20.5. The van der Waals surface area contributed by atoms with E-state index in [-0.39, 0.29) is 11.9 Å². The van der Waals surface area contributed by atoms with Crippen LogP contribution >= 0.6 is 0 Å². The highest BCUT2D eigenvalue weighted by Crippen LogP contribution is 2.37. The first-order valence-corrected chi connectivity index (χ1v) is 8.31. The summed E-state index contributed by atoms with van der Waals surface area (Å²) in [5, 5.41) is 12.5. The summed E-state index contributed by atoms with van der Waals surface area (Å²) in [5.74, 6) is 1.06. The van der Waals surface area contributed by atoms with Crippen LogP contribution in [0.15, 0.2) is 24.3 Å². The molecular formula is C18H23N3O2. The lowest BCUT2D eigenvalue weighted by molar-refractivity contribution is -0.127. The molecule has 1 saturated carbocycles. The molecule has 2 fully saturated rings. The predicted molar refractivity (Wildman–Crippen MR) is 86.8 cm³/mol. The van der Waals surface area contributed by atoms with E-state index < -0.39 is 6.04 Å². The zero-order chi connectivity index (χ0) is 16.2. The fourth-order valence-corrected chi connectivity index (χ4v) is 3.42. The Balaban J connectivity index is 1.75. The van der Waals surface area contributed by atoms with Gasteiger partial charge in [0.1, 0.15) is 11.8 Å². The Morgan fingerprint density at radius 2 is 2.04 bits per heavy atom. The van der Waals surface area contributed by atoms with Gasteiger partial charge in [0.05, 0.1) is 19.2 Å². The van der Waals surface area contributed by atoms with Crippen molar-refractivity contribution < 1.29 is 9.53 Å². The van der Waals surface area contributed by atoms with Crippen molar-refractivity contribution in [2.24, 2.45) is 5.92 Å². The Bertz CT molecular complexity index is 601. The van der Waals surface area contributed by atoms with Gasteiger partial charge >= 0.3 is 0 Å². The number of benzene rings is 1. The first-order valence-electron chi connectivity index (χ1n) is 8.31. The van der Waals surface area contributed by atoms with Gasteiger partial charge in [0, 0.05) is 5.56 Å². The minimum atomic E-state index is -0.678. The van der Waals surface area contributed by atoms with E-state index in [0.717, 1.165) is 38.8 Å². The van der Waals surface area contributed by atoms with Crippen molar-refractivity contribution in [3.05, 3.63) is 29.8 Å². The summed E-state index contributed by atoms with van der Waals surface area (Å²) in [5.41, 5.74) is 0.710. The van der Waals surface area contributed by atoms with Gasteiger partial charge in [0.25, 0.3) is 0 Å². The van der Waals surface area contributed by atoms with Crippen LogP contribution in [-0.2, 0) is 4.79 Å². The number of carbonyl (C=O) groups excluding carboxylic acids is 1. The minimum absolute atomic E-state index is 0.0214. The van der Waals surface area contributed by atoms with Gasteiger partial charge in [-0.15, -0.1) is 0 Å². The van der Waals surface area contributed by atoms with Crippen LogP contribution in [0.3, 0.4) is 0 Å². The summed E-state index contributed by atoms with van der Waals surface area (Å²) >= 11 is 0. The number of hydrogen-bond donors (Lipinski definition) is 1. The molecule has 1 N–H and O–H groups in total. The number of nitrogens with one attached hydrogen (secondary N) is 1. The number of para-hydroxylation sites is 1. The van der Waals surface area contributed by atoms with Crippen molar-refractivity contribution in [2.75, 3.05) is 20.2 Å². The Morgan fingerprint density at radius 1 is 1.35 bits per heavy atom. The third-order valence-corrected chi connectivity index (χ3v) is 4.74. The maximum Gasteiger partial charge on any atom is 0.238 e. The third-order valence-electron chi connectivity index (χ3n) is 4.74. The number of rotatable bonds is 6. The zero-order valence-corrected chi connectivity index (χ0v) is 13.5. The lowest BCUT2D eigenvalue weighted by Gasteiger charge is -2.27. The molecule has 3 rings (SSSR count). The SMILES string of the molecule is COc1ccccc1[C@@H](C#N)NC(=O)[C@@H](C1CC1)N1CCCC1. The van der Waals surface area contributed by atoms with Crippen LogP contribution in [0.5, 0.6) is 5.75 Å². The predicted octanol–water partition coefficient (Wildman–Crippen LogP) is 2.25. The molecule has 1 aromatic rings. The maximum absolute atomic E-state index is 12.8. The molecule has 1 aliphatic heterocycles. The summed E-state index contributed by atoms with van der Waals surface area (Å²) in [6, 6.07) is 8.79. The molecule has 1 heterocycles. The van der Waals surface area contributed by atoms with E-state index in [1.807, 2.05) is 24.3 Å². The lowest BCUT2D eigenvalue weighted by Crippen LogP contribution is -2.48. The van der Waals surface area contributed by atoms with Gasteiger partial charge in [0.15, 0.2) is 0 Å². The molecule has 1 saturated heterocycles. The molecule has 0 spiro atoms. The van der Waals surface area contributed by atoms with Crippen molar-refractivity contribution in [1.29, 1.82) is 5.26 Å². The van der Waals surface area contributed by atoms with Gasteiger partial charge in [-0.3, -0.25) is 9.69 Å². The lowest BCUT2D eigenvalue weighted by atomic mass is 10.0. The van der Waals surface area contributed by atoms with Gasteiger partial charge in [-0.25, -0.2) is 0 Å². The summed E-state index contributed by atoms with van der Waals surface area (Å²) in [4.78, 5) is 15.1. The summed E-state index contributed by atoms with van der Waals surface area (Å²) in [7, 11) is 1.58. The first-order chi connectivity index (χ1) is 11.2. The van der Waals surface area contributed by atoms with Gasteiger partial charge in [0.2, 0.25) is 5.91 Å². The van der Waals surface area contributed by atoms with Crippen molar-refractivity contribution >= 4 is 5.91 Å². The molecule has 0 bridgehead atoms. The summed E-state index contributed by atoms with van der Waals surface area (Å²) in [6.07, 6.45) is 4.54. The average molecular weight is 313 g/mol.